The molecular formula is C15H13N3O4. The first-order valence-electron chi connectivity index (χ1n) is 6.45. The number of benzene rings is 1. The Balaban J connectivity index is 2.12. The van der Waals surface area contributed by atoms with Crippen molar-refractivity contribution in [3.05, 3.63) is 63.7 Å². The van der Waals surface area contributed by atoms with Crippen molar-refractivity contribution in [3.63, 3.8) is 0 Å². The molecule has 0 bridgehead atoms. The summed E-state index contributed by atoms with van der Waals surface area (Å²) in [5, 5.41) is 12.8. The van der Waals surface area contributed by atoms with Gasteiger partial charge in [-0.1, -0.05) is 48.1 Å². The number of hydrogen-bond acceptors (Lipinski definition) is 4. The molecule has 1 unspecified atom stereocenters. The summed E-state index contributed by atoms with van der Waals surface area (Å²) in [5.41, 5.74) is 1.87. The average Bonchev–Trinajstić information content (AvgIpc) is 2.45. The van der Waals surface area contributed by atoms with Crippen LogP contribution in [0, 0.1) is 10.1 Å². The molecule has 112 valence electrons. The molecule has 22 heavy (non-hydrogen) atoms. The fraction of sp³-hybridized carbons (Fsp3) is 0.133. The molecule has 1 atom stereocenters. The number of rotatable bonds is 4. The molecule has 0 fully saturated rings. The third-order valence-corrected chi connectivity index (χ3v) is 2.87. The Morgan fingerprint density at radius 2 is 2.00 bits per heavy atom. The van der Waals surface area contributed by atoms with Crippen molar-refractivity contribution in [1.29, 1.82) is 0 Å². The summed E-state index contributed by atoms with van der Waals surface area (Å²) in [7, 11) is 0. The van der Waals surface area contributed by atoms with Gasteiger partial charge in [-0.15, -0.1) is 0 Å². The molecule has 1 aromatic rings. The number of amidine groups is 1. The molecule has 1 aliphatic rings. The maximum absolute atomic E-state index is 11.5. The number of carbonyl (C=O) groups excluding carboxylic acids is 2. The van der Waals surface area contributed by atoms with Crippen molar-refractivity contribution in [2.45, 2.75) is 13.0 Å². The molecular weight excluding hydrogens is 286 g/mol. The van der Waals surface area contributed by atoms with Gasteiger partial charge in [0, 0.05) is 4.92 Å². The standard InChI is InChI=1S/C15H13N3O4/c1-10(9-11-5-3-2-4-6-11)7-8-12-16-14(19)13(18(21)22)15(20)17-12/h2-9,13H,1H3,(H,16,17,19,20)/b8-7+,10-9-. The largest absolute Gasteiger partial charge is 0.368 e. The lowest BCUT2D eigenvalue weighted by Gasteiger charge is -2.12. The van der Waals surface area contributed by atoms with Crippen LogP contribution in [0.15, 0.2) is 53.0 Å². The van der Waals surface area contributed by atoms with Gasteiger partial charge >= 0.3 is 17.9 Å². The maximum Gasteiger partial charge on any atom is 0.368 e. The summed E-state index contributed by atoms with van der Waals surface area (Å²) in [5.74, 6) is -2.05. The lowest BCUT2D eigenvalue weighted by atomic mass is 10.1. The Hall–Kier alpha value is -3.09. The minimum Gasteiger partial charge on any atom is -0.304 e. The van der Waals surface area contributed by atoms with Crippen LogP contribution in [0.4, 0.5) is 0 Å². The van der Waals surface area contributed by atoms with E-state index in [1.165, 1.54) is 6.08 Å². The summed E-state index contributed by atoms with van der Waals surface area (Å²) < 4.78 is 0. The van der Waals surface area contributed by atoms with Gasteiger partial charge in [0.25, 0.3) is 0 Å². The number of nitrogens with zero attached hydrogens (tertiary/aromatic N) is 2. The highest BCUT2D eigenvalue weighted by Crippen LogP contribution is 2.08. The first-order chi connectivity index (χ1) is 10.5. The molecule has 7 nitrogen and oxygen atoms in total. The number of aliphatic imine (C=N–C) groups is 1. The highest BCUT2D eigenvalue weighted by molar-refractivity contribution is 6.20. The van der Waals surface area contributed by atoms with Crippen molar-refractivity contribution >= 4 is 23.7 Å². The molecule has 0 radical (unpaired) electrons. The number of allylic oxidation sites excluding steroid dienone is 2. The Kier molecular flexibility index (Phi) is 4.57. The van der Waals surface area contributed by atoms with Crippen molar-refractivity contribution in [1.82, 2.24) is 5.32 Å². The van der Waals surface area contributed by atoms with Crippen LogP contribution in [0.2, 0.25) is 0 Å². The van der Waals surface area contributed by atoms with Gasteiger partial charge in [0.2, 0.25) is 0 Å². The van der Waals surface area contributed by atoms with Crippen LogP contribution in [0.1, 0.15) is 12.5 Å². The number of carbonyl (C=O) groups is 2. The zero-order valence-electron chi connectivity index (χ0n) is 11.7. The summed E-state index contributed by atoms with van der Waals surface area (Å²) in [6, 6.07) is 7.63. The monoisotopic (exact) mass is 299 g/mol. The molecule has 2 rings (SSSR count). The van der Waals surface area contributed by atoms with Gasteiger partial charge < -0.3 is 5.32 Å². The van der Waals surface area contributed by atoms with Crippen LogP contribution in [0.5, 0.6) is 0 Å². The lowest BCUT2D eigenvalue weighted by Crippen LogP contribution is -2.50. The first-order valence-corrected chi connectivity index (χ1v) is 6.45. The molecule has 0 saturated carbocycles. The van der Waals surface area contributed by atoms with Crippen LogP contribution in [0.25, 0.3) is 6.08 Å². The van der Waals surface area contributed by atoms with Gasteiger partial charge in [-0.25, -0.2) is 0 Å². The number of nitrogens with one attached hydrogen (secondary N) is 1. The fourth-order valence-corrected chi connectivity index (χ4v) is 1.85. The summed E-state index contributed by atoms with van der Waals surface area (Å²) in [6.07, 6.45) is 5.00. The van der Waals surface area contributed by atoms with Gasteiger partial charge in [-0.05, 0) is 18.6 Å². The predicted molar refractivity (Wildman–Crippen MR) is 80.6 cm³/mol. The minimum absolute atomic E-state index is 0.00564. The number of hydrogen-bond donors (Lipinski definition) is 1. The molecule has 0 spiro atoms. The van der Waals surface area contributed by atoms with E-state index in [9.17, 15) is 19.7 Å². The molecule has 0 aromatic heterocycles. The molecule has 0 saturated heterocycles. The molecule has 7 heteroatoms. The van der Waals surface area contributed by atoms with Gasteiger partial charge in [0.1, 0.15) is 5.84 Å². The molecule has 0 aliphatic carbocycles. The topological polar surface area (TPSA) is 102 Å². The Morgan fingerprint density at radius 1 is 1.32 bits per heavy atom. The molecule has 2 amide bonds. The number of amides is 2. The van der Waals surface area contributed by atoms with Gasteiger partial charge in [0.15, 0.2) is 0 Å². The Labute approximate surface area is 126 Å². The average molecular weight is 299 g/mol. The third-order valence-electron chi connectivity index (χ3n) is 2.87. The summed E-state index contributed by atoms with van der Waals surface area (Å²) >= 11 is 0. The van der Waals surface area contributed by atoms with E-state index in [1.54, 1.807) is 6.08 Å². The van der Waals surface area contributed by atoms with Crippen molar-refractivity contribution in [3.8, 4) is 0 Å². The highest BCUT2D eigenvalue weighted by Gasteiger charge is 2.41. The van der Waals surface area contributed by atoms with E-state index in [-0.39, 0.29) is 5.84 Å². The van der Waals surface area contributed by atoms with E-state index in [0.29, 0.717) is 0 Å². The minimum atomic E-state index is -1.96. The summed E-state index contributed by atoms with van der Waals surface area (Å²) in [4.78, 5) is 36.1. The molecule has 1 heterocycles. The van der Waals surface area contributed by atoms with E-state index in [4.69, 9.17) is 0 Å². The van der Waals surface area contributed by atoms with Crippen molar-refractivity contribution in [2.24, 2.45) is 4.99 Å². The van der Waals surface area contributed by atoms with Crippen LogP contribution in [-0.2, 0) is 9.59 Å². The quantitative estimate of drug-likeness (QED) is 0.392. The van der Waals surface area contributed by atoms with Crippen LogP contribution in [0.3, 0.4) is 0 Å². The number of nitro groups is 1. The van der Waals surface area contributed by atoms with Crippen LogP contribution >= 0.6 is 0 Å². The van der Waals surface area contributed by atoms with E-state index in [1.807, 2.05) is 43.3 Å². The summed E-state index contributed by atoms with van der Waals surface area (Å²) in [6.45, 7) is 1.84. The lowest BCUT2D eigenvalue weighted by molar-refractivity contribution is -0.493. The second kappa shape index (κ2) is 6.57. The second-order valence-corrected chi connectivity index (χ2v) is 4.64. The highest BCUT2D eigenvalue weighted by atomic mass is 16.6. The van der Waals surface area contributed by atoms with Crippen molar-refractivity contribution in [2.75, 3.05) is 0 Å². The van der Waals surface area contributed by atoms with E-state index in [0.717, 1.165) is 11.1 Å². The zero-order valence-corrected chi connectivity index (χ0v) is 11.7. The van der Waals surface area contributed by atoms with E-state index >= 15 is 0 Å². The van der Waals surface area contributed by atoms with Crippen LogP contribution in [-0.4, -0.2) is 28.6 Å². The fourth-order valence-electron chi connectivity index (χ4n) is 1.85. The van der Waals surface area contributed by atoms with Crippen LogP contribution < -0.4 is 5.32 Å². The third kappa shape index (κ3) is 3.72. The first kappa shape index (κ1) is 15.3. The van der Waals surface area contributed by atoms with E-state index < -0.39 is 22.8 Å². The predicted octanol–water partition coefficient (Wildman–Crippen LogP) is 1.35. The Bertz CT molecular complexity index is 705. The maximum atomic E-state index is 11.5. The molecule has 1 aromatic carbocycles. The van der Waals surface area contributed by atoms with Gasteiger partial charge in [-0.3, -0.25) is 19.7 Å². The molecule has 1 N–H and O–H groups in total. The second-order valence-electron chi connectivity index (χ2n) is 4.64. The Morgan fingerprint density at radius 3 is 2.59 bits per heavy atom. The van der Waals surface area contributed by atoms with E-state index in [2.05, 4.69) is 10.3 Å². The van der Waals surface area contributed by atoms with Gasteiger partial charge in [0.05, 0.1) is 0 Å². The SMILES string of the molecule is CC(=C/c1ccccc1)/C=C/C1=NC(=O)C([N+](=O)[O-])C(=O)N1. The smallest absolute Gasteiger partial charge is 0.304 e. The normalized spacial score (nSPS) is 19.0. The van der Waals surface area contributed by atoms with Crippen molar-refractivity contribution < 1.29 is 14.5 Å². The van der Waals surface area contributed by atoms with Gasteiger partial charge in [-0.2, -0.15) is 4.99 Å². The molecule has 1 aliphatic heterocycles. The zero-order chi connectivity index (χ0) is 16.1.